The van der Waals surface area contributed by atoms with Crippen molar-refractivity contribution in [1.82, 2.24) is 10.2 Å². The molecule has 2 fully saturated rings. The Kier molecular flexibility index (Phi) is 7.21. The maximum atomic E-state index is 12.7. The van der Waals surface area contributed by atoms with Crippen LogP contribution in [0.5, 0.6) is 0 Å². The summed E-state index contributed by atoms with van der Waals surface area (Å²) in [5, 5.41) is 11.9. The van der Waals surface area contributed by atoms with E-state index in [1.165, 1.54) is 24.2 Å². The van der Waals surface area contributed by atoms with Gasteiger partial charge in [-0.2, -0.15) is 0 Å². The fourth-order valence-electron chi connectivity index (χ4n) is 3.68. The molecule has 0 aromatic heterocycles. The van der Waals surface area contributed by atoms with E-state index in [1.54, 1.807) is 0 Å². The minimum absolute atomic E-state index is 0.193. The molecule has 2 N–H and O–H groups in total. The molecule has 0 aromatic rings. The number of nitrogens with one attached hydrogen (secondary N) is 1. The quantitative estimate of drug-likeness (QED) is 0.526. The van der Waals surface area contributed by atoms with Crippen molar-refractivity contribution in [2.45, 2.75) is 89.7 Å². The van der Waals surface area contributed by atoms with Crippen molar-refractivity contribution in [2.24, 2.45) is 5.92 Å². The number of hydrogen-bond donors (Lipinski definition) is 2. The van der Waals surface area contributed by atoms with Crippen LogP contribution in [0.4, 0.5) is 4.79 Å². The van der Waals surface area contributed by atoms with Crippen LogP contribution in [-0.2, 0) is 9.59 Å². The molecule has 6 heteroatoms. The van der Waals surface area contributed by atoms with Crippen LogP contribution in [0, 0.1) is 5.92 Å². The largest absolute Gasteiger partial charge is 0.393 e. The van der Waals surface area contributed by atoms with Crippen molar-refractivity contribution in [3.8, 4) is 0 Å². The summed E-state index contributed by atoms with van der Waals surface area (Å²) in [6, 6.07) is -0.786. The monoisotopic (exact) mass is 338 g/mol. The number of barbiturate groups is 1. The van der Waals surface area contributed by atoms with Gasteiger partial charge in [0.2, 0.25) is 11.8 Å². The van der Waals surface area contributed by atoms with Gasteiger partial charge in [-0.15, -0.1) is 0 Å². The lowest BCUT2D eigenvalue weighted by Gasteiger charge is -2.38. The first-order valence-electron chi connectivity index (χ1n) is 9.40. The zero-order valence-corrected chi connectivity index (χ0v) is 14.6. The molecule has 0 bridgehead atoms. The number of unbranched alkanes of at least 4 members (excludes halogenated alkanes) is 5. The molecule has 1 atom stereocenters. The molecule has 1 aliphatic carbocycles. The molecule has 0 spiro atoms. The minimum atomic E-state index is -0.735. The van der Waals surface area contributed by atoms with Crippen molar-refractivity contribution in [1.29, 1.82) is 0 Å². The Balaban J connectivity index is 1.88. The maximum Gasteiger partial charge on any atom is 0.331 e. The summed E-state index contributed by atoms with van der Waals surface area (Å²) in [6.45, 7) is 2.17. The second-order valence-corrected chi connectivity index (χ2v) is 7.07. The average molecular weight is 338 g/mol. The average Bonchev–Trinajstić information content (AvgIpc) is 2.55. The van der Waals surface area contributed by atoms with Gasteiger partial charge >= 0.3 is 6.03 Å². The molecule has 1 saturated carbocycles. The molecule has 6 nitrogen and oxygen atoms in total. The lowest BCUT2D eigenvalue weighted by Crippen LogP contribution is -2.61. The first-order chi connectivity index (χ1) is 11.5. The van der Waals surface area contributed by atoms with Gasteiger partial charge in [0.05, 0.1) is 6.10 Å². The van der Waals surface area contributed by atoms with Gasteiger partial charge in [-0.05, 0) is 32.1 Å². The molecular formula is C18H30N2O4. The fraction of sp³-hybridized carbons (Fsp3) is 0.833. The molecule has 1 aliphatic heterocycles. The number of rotatable bonds is 8. The molecule has 0 aromatic carbocycles. The number of amides is 4. The third-order valence-electron chi connectivity index (χ3n) is 5.18. The molecule has 2 rings (SSSR count). The molecular weight excluding hydrogens is 308 g/mol. The molecule has 136 valence electrons. The Morgan fingerprint density at radius 1 is 1.00 bits per heavy atom. The smallest absolute Gasteiger partial charge is 0.331 e. The lowest BCUT2D eigenvalue weighted by atomic mass is 9.89. The van der Waals surface area contributed by atoms with E-state index in [-0.39, 0.29) is 18.1 Å². The van der Waals surface area contributed by atoms with Gasteiger partial charge in [-0.3, -0.25) is 19.8 Å². The van der Waals surface area contributed by atoms with E-state index in [0.717, 1.165) is 19.3 Å². The molecule has 1 unspecified atom stereocenters. The number of carbonyl (C=O) groups is 3. The predicted octanol–water partition coefficient (Wildman–Crippen LogP) is 2.74. The van der Waals surface area contributed by atoms with Crippen LogP contribution in [0.15, 0.2) is 0 Å². The van der Waals surface area contributed by atoms with E-state index in [1.807, 2.05) is 0 Å². The first-order valence-corrected chi connectivity index (χ1v) is 9.40. The third kappa shape index (κ3) is 4.79. The molecule has 1 heterocycles. The van der Waals surface area contributed by atoms with Crippen LogP contribution in [0.2, 0.25) is 0 Å². The summed E-state index contributed by atoms with van der Waals surface area (Å²) in [5.74, 6) is -1.54. The van der Waals surface area contributed by atoms with E-state index in [0.29, 0.717) is 32.1 Å². The molecule has 24 heavy (non-hydrogen) atoms. The normalized spacial score (nSPS) is 28.2. The van der Waals surface area contributed by atoms with Gasteiger partial charge in [-0.1, -0.05) is 45.4 Å². The Morgan fingerprint density at radius 2 is 1.62 bits per heavy atom. The van der Waals surface area contributed by atoms with Crippen molar-refractivity contribution in [3.05, 3.63) is 0 Å². The number of aliphatic hydroxyl groups excluding tert-OH is 1. The first kappa shape index (κ1) is 18.9. The number of imide groups is 2. The second-order valence-electron chi connectivity index (χ2n) is 7.07. The summed E-state index contributed by atoms with van der Waals surface area (Å²) >= 11 is 0. The Hall–Kier alpha value is -1.43. The van der Waals surface area contributed by atoms with Gasteiger partial charge in [0, 0.05) is 6.04 Å². The van der Waals surface area contributed by atoms with Crippen LogP contribution in [0.3, 0.4) is 0 Å². The number of hydrogen-bond acceptors (Lipinski definition) is 4. The highest BCUT2D eigenvalue weighted by atomic mass is 16.3. The van der Waals surface area contributed by atoms with Gasteiger partial charge in [0.1, 0.15) is 5.92 Å². The number of nitrogens with zero attached hydrogens (tertiary/aromatic N) is 1. The third-order valence-corrected chi connectivity index (χ3v) is 5.18. The second kappa shape index (κ2) is 9.16. The highest BCUT2D eigenvalue weighted by Crippen LogP contribution is 2.27. The van der Waals surface area contributed by atoms with Crippen LogP contribution in [-0.4, -0.2) is 40.0 Å². The topological polar surface area (TPSA) is 86.7 Å². The van der Waals surface area contributed by atoms with Crippen molar-refractivity contribution in [2.75, 3.05) is 0 Å². The lowest BCUT2D eigenvalue weighted by molar-refractivity contribution is -0.145. The number of urea groups is 1. The van der Waals surface area contributed by atoms with E-state index in [9.17, 15) is 19.5 Å². The van der Waals surface area contributed by atoms with E-state index < -0.39 is 17.9 Å². The van der Waals surface area contributed by atoms with E-state index >= 15 is 0 Å². The van der Waals surface area contributed by atoms with Crippen LogP contribution in [0.1, 0.15) is 77.6 Å². The SMILES string of the molecule is CCCCCCCCC1C(=O)NC(=O)N(C2CCC(O)CC2)C1=O. The zero-order valence-electron chi connectivity index (χ0n) is 14.6. The Bertz CT molecular complexity index is 458. The molecule has 0 radical (unpaired) electrons. The summed E-state index contributed by atoms with van der Waals surface area (Å²) in [4.78, 5) is 38.1. The number of carbonyl (C=O) groups excluding carboxylic acids is 3. The van der Waals surface area contributed by atoms with Crippen LogP contribution in [0.25, 0.3) is 0 Å². The standard InChI is InChI=1S/C18H30N2O4/c1-2-3-4-5-6-7-8-15-16(22)19-18(24)20(17(15)23)13-9-11-14(21)12-10-13/h13-15,21H,2-12H2,1H3,(H,19,22,24). The predicted molar refractivity (Wildman–Crippen MR) is 90.1 cm³/mol. The molecule has 2 aliphatic rings. The maximum absolute atomic E-state index is 12.7. The highest BCUT2D eigenvalue weighted by Gasteiger charge is 2.43. The fourth-order valence-corrected chi connectivity index (χ4v) is 3.68. The summed E-state index contributed by atoms with van der Waals surface area (Å²) in [7, 11) is 0. The number of aliphatic hydroxyl groups is 1. The Morgan fingerprint density at radius 3 is 2.29 bits per heavy atom. The van der Waals surface area contributed by atoms with Gasteiger partial charge < -0.3 is 5.11 Å². The van der Waals surface area contributed by atoms with E-state index in [2.05, 4.69) is 12.2 Å². The Labute approximate surface area is 144 Å². The summed E-state index contributed by atoms with van der Waals surface area (Å²) < 4.78 is 0. The minimum Gasteiger partial charge on any atom is -0.393 e. The van der Waals surface area contributed by atoms with Crippen LogP contribution >= 0.6 is 0 Å². The van der Waals surface area contributed by atoms with Crippen molar-refractivity contribution >= 4 is 17.8 Å². The summed E-state index contributed by atoms with van der Waals surface area (Å²) in [6.07, 6.45) is 9.15. The highest BCUT2D eigenvalue weighted by molar-refractivity contribution is 6.16. The van der Waals surface area contributed by atoms with Gasteiger partial charge in [0.25, 0.3) is 0 Å². The van der Waals surface area contributed by atoms with Gasteiger partial charge in [-0.25, -0.2) is 4.79 Å². The summed E-state index contributed by atoms with van der Waals surface area (Å²) in [5.41, 5.74) is 0. The van der Waals surface area contributed by atoms with Crippen molar-refractivity contribution in [3.63, 3.8) is 0 Å². The zero-order chi connectivity index (χ0) is 17.5. The molecule has 1 saturated heterocycles. The van der Waals surface area contributed by atoms with Crippen LogP contribution < -0.4 is 5.32 Å². The van der Waals surface area contributed by atoms with E-state index in [4.69, 9.17) is 0 Å². The van der Waals surface area contributed by atoms with Gasteiger partial charge in [0.15, 0.2) is 0 Å². The van der Waals surface area contributed by atoms with Crippen molar-refractivity contribution < 1.29 is 19.5 Å². The molecule has 4 amide bonds.